The number of nitrogen functional groups attached to an aromatic ring is 1. The Kier molecular flexibility index (Phi) is 4.74. The van der Waals surface area contributed by atoms with Crippen LogP contribution in [0.15, 0.2) is 16.7 Å². The van der Waals surface area contributed by atoms with E-state index in [2.05, 4.69) is 26.2 Å². The van der Waals surface area contributed by atoms with Crippen LogP contribution in [0.5, 0.6) is 0 Å². The molecule has 6 heteroatoms. The normalized spacial score (nSPS) is 10.4. The first kappa shape index (κ1) is 13.8. The summed E-state index contributed by atoms with van der Waals surface area (Å²) in [6.07, 6.45) is 1.57. The number of carbonyl (C=O) groups excluding carboxylic acids is 1. The summed E-state index contributed by atoms with van der Waals surface area (Å²) >= 11 is 3.37. The van der Waals surface area contributed by atoms with Gasteiger partial charge in [-0.1, -0.05) is 0 Å². The summed E-state index contributed by atoms with van der Waals surface area (Å²) < 4.78 is 0.775. The smallest absolute Gasteiger partial charge is 0.239 e. The number of likely N-dealkylation sites (N-methyl/N-ethyl adjacent to an activating group) is 1. The number of pyridine rings is 1. The van der Waals surface area contributed by atoms with Crippen LogP contribution >= 0.6 is 15.9 Å². The van der Waals surface area contributed by atoms with Gasteiger partial charge in [-0.25, -0.2) is 4.98 Å². The van der Waals surface area contributed by atoms with E-state index in [1.54, 1.807) is 17.2 Å². The largest absolute Gasteiger partial charge is 0.397 e. The molecule has 0 radical (unpaired) electrons. The van der Waals surface area contributed by atoms with Crippen molar-refractivity contribution in [2.75, 3.05) is 24.2 Å². The van der Waals surface area contributed by atoms with Crippen LogP contribution in [0.25, 0.3) is 0 Å². The van der Waals surface area contributed by atoms with E-state index in [0.29, 0.717) is 11.5 Å². The molecule has 0 unspecified atom stereocenters. The highest BCUT2D eigenvalue weighted by Crippen LogP contribution is 2.24. The Morgan fingerprint density at radius 2 is 2.29 bits per heavy atom. The van der Waals surface area contributed by atoms with Crippen LogP contribution in [-0.4, -0.2) is 30.5 Å². The summed E-state index contributed by atoms with van der Waals surface area (Å²) in [6.45, 7) is 4.11. The third-order valence-corrected chi connectivity index (χ3v) is 2.62. The number of nitrogens with two attached hydrogens (primary N) is 1. The summed E-state index contributed by atoms with van der Waals surface area (Å²) in [6, 6.07) is 1.90. The topological polar surface area (TPSA) is 71.2 Å². The Morgan fingerprint density at radius 3 is 2.82 bits per heavy atom. The van der Waals surface area contributed by atoms with E-state index in [1.807, 2.05) is 20.9 Å². The van der Waals surface area contributed by atoms with Gasteiger partial charge in [0.2, 0.25) is 5.91 Å². The lowest BCUT2D eigenvalue weighted by Crippen LogP contribution is -2.38. The lowest BCUT2D eigenvalue weighted by Gasteiger charge is -2.19. The van der Waals surface area contributed by atoms with Gasteiger partial charge in [-0.2, -0.15) is 0 Å². The number of halogens is 1. The number of hydrogen-bond acceptors (Lipinski definition) is 4. The fourth-order valence-corrected chi connectivity index (χ4v) is 2.05. The molecule has 0 saturated carbocycles. The molecule has 3 N–H and O–H groups in total. The Bertz CT molecular complexity index is 408. The van der Waals surface area contributed by atoms with Crippen molar-refractivity contribution in [3.8, 4) is 0 Å². The molecule has 0 aromatic carbocycles. The molecular formula is C11H17BrN4O. The third kappa shape index (κ3) is 4.22. The van der Waals surface area contributed by atoms with E-state index in [4.69, 9.17) is 5.73 Å². The van der Waals surface area contributed by atoms with Crippen molar-refractivity contribution in [1.29, 1.82) is 0 Å². The predicted octanol–water partition coefficient (Wildman–Crippen LogP) is 1.39. The summed E-state index contributed by atoms with van der Waals surface area (Å²) in [5.74, 6) is 0.658. The molecule has 0 atom stereocenters. The van der Waals surface area contributed by atoms with Gasteiger partial charge in [-0.3, -0.25) is 4.79 Å². The molecule has 1 aromatic rings. The van der Waals surface area contributed by atoms with Crippen molar-refractivity contribution in [2.45, 2.75) is 19.9 Å². The molecule has 0 spiro atoms. The van der Waals surface area contributed by atoms with Crippen molar-refractivity contribution < 1.29 is 4.79 Å². The van der Waals surface area contributed by atoms with Gasteiger partial charge in [-0.05, 0) is 35.8 Å². The first-order valence-corrected chi connectivity index (χ1v) is 6.11. The number of carbonyl (C=O) groups is 1. The number of nitrogens with one attached hydrogen (secondary N) is 1. The summed E-state index contributed by atoms with van der Waals surface area (Å²) in [7, 11) is 1.81. The minimum absolute atomic E-state index is 0.0342. The molecule has 0 fully saturated rings. The van der Waals surface area contributed by atoms with E-state index in [-0.39, 0.29) is 18.5 Å². The third-order valence-electron chi connectivity index (χ3n) is 2.03. The zero-order chi connectivity index (χ0) is 13.0. The van der Waals surface area contributed by atoms with Gasteiger partial charge in [0, 0.05) is 13.1 Å². The highest BCUT2D eigenvalue weighted by Gasteiger charge is 2.12. The van der Waals surface area contributed by atoms with E-state index >= 15 is 0 Å². The predicted molar refractivity (Wildman–Crippen MR) is 72.9 cm³/mol. The van der Waals surface area contributed by atoms with Crippen molar-refractivity contribution in [3.05, 3.63) is 16.7 Å². The average molecular weight is 301 g/mol. The molecule has 0 bridgehead atoms. The molecule has 1 aromatic heterocycles. The Hall–Kier alpha value is -1.30. The van der Waals surface area contributed by atoms with Crippen LogP contribution in [-0.2, 0) is 4.79 Å². The highest BCUT2D eigenvalue weighted by molar-refractivity contribution is 9.10. The van der Waals surface area contributed by atoms with Crippen molar-refractivity contribution in [2.24, 2.45) is 0 Å². The second-order valence-corrected chi connectivity index (χ2v) is 5.01. The number of aromatic nitrogens is 1. The quantitative estimate of drug-likeness (QED) is 0.881. The Labute approximate surface area is 110 Å². The number of rotatable bonds is 4. The molecule has 5 nitrogen and oxygen atoms in total. The van der Waals surface area contributed by atoms with Crippen molar-refractivity contribution >= 4 is 33.3 Å². The molecule has 0 aliphatic carbocycles. The maximum absolute atomic E-state index is 11.6. The molecule has 94 valence electrons. The van der Waals surface area contributed by atoms with Gasteiger partial charge in [0.15, 0.2) is 0 Å². The second-order valence-electron chi connectivity index (χ2n) is 4.15. The highest BCUT2D eigenvalue weighted by atomic mass is 79.9. The van der Waals surface area contributed by atoms with Gasteiger partial charge in [0.1, 0.15) is 5.82 Å². The standard InChI is InChI=1S/C11H17BrN4O/c1-7(2)15-10(17)6-16(3)11-9(12)4-8(13)5-14-11/h4-5,7H,6,13H2,1-3H3,(H,15,17). The summed E-state index contributed by atoms with van der Waals surface area (Å²) in [5.41, 5.74) is 6.19. The first-order valence-electron chi connectivity index (χ1n) is 5.31. The van der Waals surface area contributed by atoms with Crippen LogP contribution in [0, 0.1) is 0 Å². The Balaban J connectivity index is 2.69. The lowest BCUT2D eigenvalue weighted by atomic mass is 10.3. The maximum atomic E-state index is 11.6. The molecule has 17 heavy (non-hydrogen) atoms. The van der Waals surface area contributed by atoms with Gasteiger partial charge in [0.05, 0.1) is 22.9 Å². The molecule has 1 rings (SSSR count). The van der Waals surface area contributed by atoms with Crippen LogP contribution < -0.4 is 16.0 Å². The molecule has 0 saturated heterocycles. The lowest BCUT2D eigenvalue weighted by molar-refractivity contribution is -0.120. The first-order chi connectivity index (χ1) is 7.90. The SMILES string of the molecule is CC(C)NC(=O)CN(C)c1ncc(N)cc1Br. The van der Waals surface area contributed by atoms with Crippen LogP contribution in [0.1, 0.15) is 13.8 Å². The van der Waals surface area contributed by atoms with Gasteiger partial charge in [-0.15, -0.1) is 0 Å². The van der Waals surface area contributed by atoms with Crippen LogP contribution in [0.4, 0.5) is 11.5 Å². The van der Waals surface area contributed by atoms with Gasteiger partial charge < -0.3 is 16.0 Å². The minimum Gasteiger partial charge on any atom is -0.397 e. The van der Waals surface area contributed by atoms with Gasteiger partial charge in [0.25, 0.3) is 0 Å². The summed E-state index contributed by atoms with van der Waals surface area (Å²) in [4.78, 5) is 17.5. The zero-order valence-corrected chi connectivity index (χ0v) is 11.8. The fourth-order valence-electron chi connectivity index (χ4n) is 1.38. The van der Waals surface area contributed by atoms with E-state index in [9.17, 15) is 4.79 Å². The zero-order valence-electron chi connectivity index (χ0n) is 10.2. The number of hydrogen-bond donors (Lipinski definition) is 2. The molecule has 0 aliphatic heterocycles. The summed E-state index contributed by atoms with van der Waals surface area (Å²) in [5, 5.41) is 2.83. The molecular weight excluding hydrogens is 284 g/mol. The average Bonchev–Trinajstić information content (AvgIpc) is 2.15. The minimum atomic E-state index is -0.0342. The van der Waals surface area contributed by atoms with Crippen LogP contribution in [0.3, 0.4) is 0 Å². The maximum Gasteiger partial charge on any atom is 0.239 e. The van der Waals surface area contributed by atoms with Crippen LogP contribution in [0.2, 0.25) is 0 Å². The number of amides is 1. The molecule has 1 heterocycles. The monoisotopic (exact) mass is 300 g/mol. The Morgan fingerprint density at radius 1 is 1.65 bits per heavy atom. The molecule has 1 amide bonds. The van der Waals surface area contributed by atoms with E-state index in [0.717, 1.165) is 4.47 Å². The second kappa shape index (κ2) is 5.86. The number of anilines is 2. The fraction of sp³-hybridized carbons (Fsp3) is 0.455. The van der Waals surface area contributed by atoms with E-state index < -0.39 is 0 Å². The van der Waals surface area contributed by atoms with Gasteiger partial charge >= 0.3 is 0 Å². The number of nitrogens with zero attached hydrogens (tertiary/aromatic N) is 2. The molecule has 0 aliphatic rings. The van der Waals surface area contributed by atoms with Crippen molar-refractivity contribution in [3.63, 3.8) is 0 Å². The van der Waals surface area contributed by atoms with E-state index in [1.165, 1.54) is 0 Å². The van der Waals surface area contributed by atoms with Crippen molar-refractivity contribution in [1.82, 2.24) is 10.3 Å².